The van der Waals surface area contributed by atoms with Crippen LogP contribution in [-0.2, 0) is 9.53 Å². The largest absolute Gasteiger partial charge is 0.468 e. The maximum atomic E-state index is 11.8. The first-order valence-electron chi connectivity index (χ1n) is 8.48. The number of piperidine rings is 1. The van der Waals surface area contributed by atoms with Gasteiger partial charge in [0.2, 0.25) is 0 Å². The molecule has 3 atom stereocenters. The van der Waals surface area contributed by atoms with Gasteiger partial charge in [-0.15, -0.1) is 0 Å². The van der Waals surface area contributed by atoms with Crippen molar-refractivity contribution in [2.75, 3.05) is 33.3 Å². The Bertz CT molecular complexity index is 384. The zero-order valence-corrected chi connectivity index (χ0v) is 13.2. The van der Waals surface area contributed by atoms with Crippen LogP contribution >= 0.6 is 0 Å². The fraction of sp³-hybridized carbons (Fsp3) is 0.938. The second kappa shape index (κ2) is 6.23. The Hall–Kier alpha value is -0.650. The Balaban J connectivity index is 1.54. The normalized spacial score (nSPS) is 38.8. The number of nitrogens with zero attached hydrogens (tertiary/aromatic N) is 2. The number of nitrogens with two attached hydrogens (primary N) is 1. The van der Waals surface area contributed by atoms with Crippen LogP contribution in [0.15, 0.2) is 0 Å². The SMILES string of the molecule is COC(=O)C1(N)CCC(N2CCC(N3CCCCC3)C2)C1. The first-order chi connectivity index (χ1) is 10.1. The fourth-order valence-electron chi connectivity index (χ4n) is 4.43. The van der Waals surface area contributed by atoms with Gasteiger partial charge in [-0.1, -0.05) is 6.42 Å². The van der Waals surface area contributed by atoms with Crippen molar-refractivity contribution < 1.29 is 9.53 Å². The van der Waals surface area contributed by atoms with Crippen molar-refractivity contribution in [1.82, 2.24) is 9.80 Å². The van der Waals surface area contributed by atoms with E-state index >= 15 is 0 Å². The third-order valence-corrected chi connectivity index (χ3v) is 5.73. The van der Waals surface area contributed by atoms with Crippen molar-refractivity contribution in [2.45, 2.75) is 62.6 Å². The van der Waals surface area contributed by atoms with Crippen LogP contribution in [0.25, 0.3) is 0 Å². The van der Waals surface area contributed by atoms with E-state index in [1.54, 1.807) is 0 Å². The van der Waals surface area contributed by atoms with Gasteiger partial charge in [0.1, 0.15) is 5.54 Å². The molecule has 2 heterocycles. The van der Waals surface area contributed by atoms with E-state index in [0.717, 1.165) is 38.4 Å². The van der Waals surface area contributed by atoms with Crippen LogP contribution in [0.1, 0.15) is 44.9 Å². The third-order valence-electron chi connectivity index (χ3n) is 5.73. The summed E-state index contributed by atoms with van der Waals surface area (Å²) >= 11 is 0. The minimum absolute atomic E-state index is 0.239. The molecule has 3 unspecified atom stereocenters. The second-order valence-corrected chi connectivity index (χ2v) is 7.08. The van der Waals surface area contributed by atoms with E-state index in [9.17, 15) is 4.79 Å². The molecule has 2 N–H and O–H groups in total. The monoisotopic (exact) mass is 295 g/mol. The van der Waals surface area contributed by atoms with Crippen molar-refractivity contribution in [3.8, 4) is 0 Å². The van der Waals surface area contributed by atoms with Crippen LogP contribution in [-0.4, -0.2) is 66.7 Å². The van der Waals surface area contributed by atoms with Crippen molar-refractivity contribution in [3.05, 3.63) is 0 Å². The van der Waals surface area contributed by atoms with Crippen LogP contribution in [0.5, 0.6) is 0 Å². The van der Waals surface area contributed by atoms with Gasteiger partial charge in [-0.3, -0.25) is 14.6 Å². The van der Waals surface area contributed by atoms with E-state index in [0.29, 0.717) is 6.04 Å². The van der Waals surface area contributed by atoms with Gasteiger partial charge in [-0.25, -0.2) is 0 Å². The summed E-state index contributed by atoms with van der Waals surface area (Å²) in [6.45, 7) is 4.85. The standard InChI is InChI=1S/C16H29N3O2/c1-21-15(20)16(17)7-5-13(11-16)19-10-6-14(12-19)18-8-3-2-4-9-18/h13-14H,2-12,17H2,1H3. The van der Waals surface area contributed by atoms with E-state index in [4.69, 9.17) is 10.5 Å². The highest BCUT2D eigenvalue weighted by Crippen LogP contribution is 2.34. The molecule has 0 aromatic carbocycles. The second-order valence-electron chi connectivity index (χ2n) is 7.08. The van der Waals surface area contributed by atoms with Gasteiger partial charge in [-0.2, -0.15) is 0 Å². The molecule has 1 saturated carbocycles. The summed E-state index contributed by atoms with van der Waals surface area (Å²) in [6.07, 6.45) is 7.92. The van der Waals surface area contributed by atoms with Crippen LogP contribution in [0.4, 0.5) is 0 Å². The summed E-state index contributed by atoms with van der Waals surface area (Å²) in [7, 11) is 1.44. The van der Waals surface area contributed by atoms with Gasteiger partial charge >= 0.3 is 5.97 Å². The number of methoxy groups -OCH3 is 1. The predicted molar refractivity (Wildman–Crippen MR) is 82.0 cm³/mol. The number of esters is 1. The van der Waals surface area contributed by atoms with Gasteiger partial charge < -0.3 is 10.5 Å². The zero-order valence-electron chi connectivity index (χ0n) is 13.2. The van der Waals surface area contributed by atoms with Gasteiger partial charge in [0.25, 0.3) is 0 Å². The van der Waals surface area contributed by atoms with E-state index in [-0.39, 0.29) is 5.97 Å². The summed E-state index contributed by atoms with van der Waals surface area (Å²) in [6, 6.07) is 1.18. The van der Waals surface area contributed by atoms with E-state index in [1.165, 1.54) is 45.9 Å². The van der Waals surface area contributed by atoms with Gasteiger partial charge in [-0.05, 0) is 51.6 Å². The van der Waals surface area contributed by atoms with E-state index in [1.807, 2.05) is 0 Å². The van der Waals surface area contributed by atoms with Crippen molar-refractivity contribution >= 4 is 5.97 Å². The quantitative estimate of drug-likeness (QED) is 0.786. The molecule has 2 aliphatic heterocycles. The highest BCUT2D eigenvalue weighted by Gasteiger charge is 2.46. The van der Waals surface area contributed by atoms with Crippen LogP contribution < -0.4 is 5.73 Å². The Labute approximate surface area is 127 Å². The van der Waals surface area contributed by atoms with Crippen LogP contribution in [0.2, 0.25) is 0 Å². The Morgan fingerprint density at radius 2 is 1.86 bits per heavy atom. The summed E-state index contributed by atoms with van der Waals surface area (Å²) in [5.74, 6) is -0.239. The Morgan fingerprint density at radius 1 is 1.10 bits per heavy atom. The van der Waals surface area contributed by atoms with Crippen molar-refractivity contribution in [1.29, 1.82) is 0 Å². The first kappa shape index (κ1) is 15.3. The van der Waals surface area contributed by atoms with Crippen LogP contribution in [0, 0.1) is 0 Å². The molecule has 5 heteroatoms. The molecule has 3 fully saturated rings. The topological polar surface area (TPSA) is 58.8 Å². The highest BCUT2D eigenvalue weighted by molar-refractivity contribution is 5.81. The molecule has 0 aromatic heterocycles. The zero-order chi connectivity index (χ0) is 14.9. The lowest BCUT2D eigenvalue weighted by Crippen LogP contribution is -2.48. The number of rotatable bonds is 3. The first-order valence-corrected chi connectivity index (χ1v) is 8.48. The van der Waals surface area contributed by atoms with Gasteiger partial charge in [0.15, 0.2) is 0 Å². The molecule has 0 aromatic rings. The van der Waals surface area contributed by atoms with Gasteiger partial charge in [0, 0.05) is 25.2 Å². The smallest absolute Gasteiger partial charge is 0.325 e. The molecule has 0 bridgehead atoms. The molecular formula is C16H29N3O2. The molecule has 1 aliphatic carbocycles. The maximum absolute atomic E-state index is 11.8. The molecular weight excluding hydrogens is 266 g/mol. The third kappa shape index (κ3) is 3.10. The number of likely N-dealkylation sites (tertiary alicyclic amines) is 2. The number of carbonyl (C=O) groups is 1. The molecule has 0 amide bonds. The molecule has 0 radical (unpaired) electrons. The molecule has 0 spiro atoms. The van der Waals surface area contributed by atoms with Gasteiger partial charge in [0.05, 0.1) is 7.11 Å². The Kier molecular flexibility index (Phi) is 4.52. The summed E-state index contributed by atoms with van der Waals surface area (Å²) in [5, 5.41) is 0. The average Bonchev–Trinajstić information content (AvgIpc) is 3.15. The summed E-state index contributed by atoms with van der Waals surface area (Å²) in [4.78, 5) is 17.1. The highest BCUT2D eigenvalue weighted by atomic mass is 16.5. The van der Waals surface area contributed by atoms with Crippen molar-refractivity contribution in [3.63, 3.8) is 0 Å². The minimum Gasteiger partial charge on any atom is -0.468 e. The van der Waals surface area contributed by atoms with E-state index in [2.05, 4.69) is 9.80 Å². The lowest BCUT2D eigenvalue weighted by molar-refractivity contribution is -0.146. The summed E-state index contributed by atoms with van der Waals surface area (Å²) < 4.78 is 4.87. The van der Waals surface area contributed by atoms with Crippen LogP contribution in [0.3, 0.4) is 0 Å². The lowest BCUT2D eigenvalue weighted by atomic mass is 9.99. The minimum atomic E-state index is -0.747. The fourth-order valence-corrected chi connectivity index (χ4v) is 4.43. The number of hydrogen-bond acceptors (Lipinski definition) is 5. The lowest BCUT2D eigenvalue weighted by Gasteiger charge is -2.33. The molecule has 3 aliphatic rings. The molecule has 3 rings (SSSR count). The average molecular weight is 295 g/mol. The molecule has 120 valence electrons. The van der Waals surface area contributed by atoms with E-state index < -0.39 is 5.54 Å². The Morgan fingerprint density at radius 3 is 2.57 bits per heavy atom. The predicted octanol–water partition coefficient (Wildman–Crippen LogP) is 0.970. The molecule has 5 nitrogen and oxygen atoms in total. The summed E-state index contributed by atoms with van der Waals surface area (Å²) in [5.41, 5.74) is 5.49. The van der Waals surface area contributed by atoms with Crippen molar-refractivity contribution in [2.24, 2.45) is 5.73 Å². The number of ether oxygens (including phenoxy) is 1. The number of carbonyl (C=O) groups excluding carboxylic acids is 1. The number of hydrogen-bond donors (Lipinski definition) is 1. The molecule has 2 saturated heterocycles. The molecule has 21 heavy (non-hydrogen) atoms. The maximum Gasteiger partial charge on any atom is 0.325 e.